The van der Waals surface area contributed by atoms with Gasteiger partial charge in [-0.1, -0.05) is 36.9 Å². The number of fused-ring (bicyclic) bond motifs is 1. The summed E-state index contributed by atoms with van der Waals surface area (Å²) < 4.78 is 0. The van der Waals surface area contributed by atoms with Gasteiger partial charge in [-0.3, -0.25) is 14.6 Å². The molecular formula is C15H15N5O2S. The minimum Gasteiger partial charge on any atom is -0.339 e. The first-order valence-corrected chi connectivity index (χ1v) is 8.10. The summed E-state index contributed by atoms with van der Waals surface area (Å²) in [6.07, 6.45) is 2.25. The lowest BCUT2D eigenvalue weighted by Gasteiger charge is -2.09. The molecule has 0 unspecified atom stereocenters. The fraction of sp³-hybridized carbons (Fsp3) is 0.200. The number of rotatable bonds is 5. The molecule has 1 amide bonds. The van der Waals surface area contributed by atoms with Crippen LogP contribution in [0.5, 0.6) is 0 Å². The first-order chi connectivity index (χ1) is 11.2. The van der Waals surface area contributed by atoms with Crippen LogP contribution in [0.15, 0.2) is 40.5 Å². The summed E-state index contributed by atoms with van der Waals surface area (Å²) in [5.41, 5.74) is 2.26. The number of aryl methyl sites for hydroxylation is 1. The molecule has 0 aliphatic carbocycles. The average molecular weight is 329 g/mol. The van der Waals surface area contributed by atoms with Crippen molar-refractivity contribution >= 4 is 34.5 Å². The molecule has 23 heavy (non-hydrogen) atoms. The van der Waals surface area contributed by atoms with E-state index in [0.29, 0.717) is 16.3 Å². The van der Waals surface area contributed by atoms with Crippen molar-refractivity contribution in [3.8, 4) is 0 Å². The topological polar surface area (TPSA) is 104 Å². The van der Waals surface area contributed by atoms with Gasteiger partial charge in [-0.2, -0.15) is 0 Å². The molecule has 118 valence electrons. The molecule has 0 aliphatic rings. The van der Waals surface area contributed by atoms with Crippen molar-refractivity contribution in [1.82, 2.24) is 19.9 Å². The predicted octanol–water partition coefficient (Wildman–Crippen LogP) is 1.94. The number of amides is 1. The standard InChI is InChI=1S/C15H15N5O2S/c1-2-9-5-3-4-6-10(9)18-11(21)7-23-15-19-13-12(14(22)20-15)16-8-17-13/h3-6,8H,2,7H2,1H3,(H,18,21)(H2,16,17,19,20,22). The van der Waals surface area contributed by atoms with E-state index in [1.165, 1.54) is 6.33 Å². The van der Waals surface area contributed by atoms with Gasteiger partial charge in [0.1, 0.15) is 0 Å². The molecule has 1 aromatic carbocycles. The van der Waals surface area contributed by atoms with E-state index in [1.807, 2.05) is 31.2 Å². The summed E-state index contributed by atoms with van der Waals surface area (Å²) in [6, 6.07) is 7.67. The van der Waals surface area contributed by atoms with Crippen LogP contribution < -0.4 is 10.9 Å². The molecule has 0 fully saturated rings. The minimum atomic E-state index is -0.299. The third kappa shape index (κ3) is 3.42. The van der Waals surface area contributed by atoms with Gasteiger partial charge in [0.05, 0.1) is 12.1 Å². The van der Waals surface area contributed by atoms with Crippen molar-refractivity contribution in [1.29, 1.82) is 0 Å². The molecule has 8 heteroatoms. The summed E-state index contributed by atoms with van der Waals surface area (Å²) >= 11 is 1.16. The molecule has 2 aromatic heterocycles. The zero-order valence-corrected chi connectivity index (χ0v) is 13.2. The van der Waals surface area contributed by atoms with E-state index >= 15 is 0 Å². The Hall–Kier alpha value is -2.61. The molecule has 0 radical (unpaired) electrons. The summed E-state index contributed by atoms with van der Waals surface area (Å²) in [6.45, 7) is 2.04. The van der Waals surface area contributed by atoms with Crippen molar-refractivity contribution in [2.75, 3.05) is 11.1 Å². The first-order valence-electron chi connectivity index (χ1n) is 7.11. The maximum atomic E-state index is 12.1. The van der Waals surface area contributed by atoms with Gasteiger partial charge in [-0.05, 0) is 18.1 Å². The fourth-order valence-electron chi connectivity index (χ4n) is 2.16. The van der Waals surface area contributed by atoms with Crippen LogP contribution in [0, 0.1) is 0 Å². The lowest BCUT2D eigenvalue weighted by molar-refractivity contribution is -0.113. The van der Waals surface area contributed by atoms with E-state index in [9.17, 15) is 9.59 Å². The molecule has 0 bridgehead atoms. The van der Waals surface area contributed by atoms with E-state index in [4.69, 9.17) is 0 Å². The lowest BCUT2D eigenvalue weighted by atomic mass is 10.1. The van der Waals surface area contributed by atoms with Crippen LogP contribution in [-0.2, 0) is 11.2 Å². The highest BCUT2D eigenvalue weighted by molar-refractivity contribution is 7.99. The number of thioether (sulfide) groups is 1. The minimum absolute atomic E-state index is 0.150. The molecule has 0 aliphatic heterocycles. The number of carbonyl (C=O) groups excluding carboxylic acids is 1. The molecule has 0 saturated carbocycles. The van der Waals surface area contributed by atoms with Gasteiger partial charge >= 0.3 is 0 Å². The third-order valence-electron chi connectivity index (χ3n) is 3.29. The number of imidazole rings is 1. The number of hydrogen-bond acceptors (Lipinski definition) is 5. The van der Waals surface area contributed by atoms with E-state index in [2.05, 4.69) is 25.3 Å². The van der Waals surface area contributed by atoms with Crippen LogP contribution in [0.1, 0.15) is 12.5 Å². The number of H-pyrrole nitrogens is 2. The maximum Gasteiger partial charge on any atom is 0.277 e. The number of aromatic nitrogens is 4. The smallest absolute Gasteiger partial charge is 0.277 e. The third-order valence-corrected chi connectivity index (χ3v) is 4.16. The second kappa shape index (κ2) is 6.66. The van der Waals surface area contributed by atoms with Crippen LogP contribution in [0.25, 0.3) is 11.2 Å². The number of nitrogens with zero attached hydrogens (tertiary/aromatic N) is 2. The molecule has 3 N–H and O–H groups in total. The summed E-state index contributed by atoms with van der Waals surface area (Å²) in [7, 11) is 0. The van der Waals surface area contributed by atoms with Gasteiger partial charge < -0.3 is 10.3 Å². The van der Waals surface area contributed by atoms with Gasteiger partial charge in [0.15, 0.2) is 16.3 Å². The zero-order valence-electron chi connectivity index (χ0n) is 12.4. The zero-order chi connectivity index (χ0) is 16.2. The van der Waals surface area contributed by atoms with Crippen LogP contribution in [0.4, 0.5) is 5.69 Å². The molecule has 2 heterocycles. The van der Waals surface area contributed by atoms with E-state index in [-0.39, 0.29) is 17.2 Å². The number of nitrogens with one attached hydrogen (secondary N) is 3. The van der Waals surface area contributed by atoms with Gasteiger partial charge in [0.2, 0.25) is 5.91 Å². The van der Waals surface area contributed by atoms with Crippen molar-refractivity contribution in [2.45, 2.75) is 18.5 Å². The second-order valence-corrected chi connectivity index (χ2v) is 5.78. The fourth-order valence-corrected chi connectivity index (χ4v) is 2.82. The maximum absolute atomic E-state index is 12.1. The molecule has 7 nitrogen and oxygen atoms in total. The number of hydrogen-bond donors (Lipinski definition) is 3. The van der Waals surface area contributed by atoms with Crippen molar-refractivity contribution in [2.24, 2.45) is 0 Å². The van der Waals surface area contributed by atoms with Gasteiger partial charge in [0.25, 0.3) is 5.56 Å². The first kappa shape index (κ1) is 15.3. The molecule has 0 saturated heterocycles. The number of anilines is 1. The number of para-hydroxylation sites is 1. The molecular weight excluding hydrogens is 314 g/mol. The highest BCUT2D eigenvalue weighted by Gasteiger charge is 2.10. The van der Waals surface area contributed by atoms with E-state index in [0.717, 1.165) is 29.4 Å². The summed E-state index contributed by atoms with van der Waals surface area (Å²) in [4.78, 5) is 37.4. The quantitative estimate of drug-likeness (QED) is 0.490. The Morgan fingerprint density at radius 3 is 3.00 bits per heavy atom. The van der Waals surface area contributed by atoms with E-state index < -0.39 is 0 Å². The van der Waals surface area contributed by atoms with Crippen molar-refractivity contribution in [3.05, 3.63) is 46.5 Å². The lowest BCUT2D eigenvalue weighted by Crippen LogP contribution is -2.16. The van der Waals surface area contributed by atoms with Crippen LogP contribution in [0.3, 0.4) is 0 Å². The Bertz CT molecular complexity index is 902. The number of benzene rings is 1. The Kier molecular flexibility index (Phi) is 4.42. The molecule has 3 aromatic rings. The van der Waals surface area contributed by atoms with Crippen LogP contribution in [-0.4, -0.2) is 31.6 Å². The Balaban J connectivity index is 1.67. The predicted molar refractivity (Wildman–Crippen MR) is 89.7 cm³/mol. The molecule has 0 atom stereocenters. The molecule has 3 rings (SSSR count). The van der Waals surface area contributed by atoms with Crippen molar-refractivity contribution < 1.29 is 4.79 Å². The summed E-state index contributed by atoms with van der Waals surface area (Å²) in [5.74, 6) is -0.00243. The monoisotopic (exact) mass is 329 g/mol. The van der Waals surface area contributed by atoms with E-state index in [1.54, 1.807) is 0 Å². The van der Waals surface area contributed by atoms with Gasteiger partial charge in [0, 0.05) is 5.69 Å². The van der Waals surface area contributed by atoms with Gasteiger partial charge in [-0.15, -0.1) is 0 Å². The Labute approximate surface area is 135 Å². The highest BCUT2D eigenvalue weighted by atomic mass is 32.2. The van der Waals surface area contributed by atoms with Crippen LogP contribution in [0.2, 0.25) is 0 Å². The average Bonchev–Trinajstić information content (AvgIpc) is 3.02. The Morgan fingerprint density at radius 1 is 1.35 bits per heavy atom. The normalized spacial score (nSPS) is 10.8. The van der Waals surface area contributed by atoms with Crippen molar-refractivity contribution in [3.63, 3.8) is 0 Å². The summed E-state index contributed by atoms with van der Waals surface area (Å²) in [5, 5.41) is 3.25. The second-order valence-electron chi connectivity index (χ2n) is 4.82. The SMILES string of the molecule is CCc1ccccc1NC(=O)CSc1nc2nc[nH]c2c(=O)[nH]1. The molecule has 0 spiro atoms. The van der Waals surface area contributed by atoms with Crippen LogP contribution >= 0.6 is 11.8 Å². The van der Waals surface area contributed by atoms with Gasteiger partial charge in [-0.25, -0.2) is 9.97 Å². The number of carbonyl (C=O) groups is 1. The largest absolute Gasteiger partial charge is 0.339 e. The number of aromatic amines is 2. The highest BCUT2D eigenvalue weighted by Crippen LogP contribution is 2.17. The Morgan fingerprint density at radius 2 is 2.17 bits per heavy atom.